The van der Waals surface area contributed by atoms with Gasteiger partial charge in [-0.25, -0.2) is 17.6 Å². The van der Waals surface area contributed by atoms with E-state index >= 15 is 0 Å². The lowest BCUT2D eigenvalue weighted by molar-refractivity contribution is 0.554. The molecule has 7 heteroatoms. The third-order valence-electron chi connectivity index (χ3n) is 2.60. The topological polar surface area (TPSA) is 12.0 Å². The van der Waals surface area contributed by atoms with Crippen LogP contribution in [0, 0.1) is 23.3 Å². The minimum absolute atomic E-state index is 0.0524. The maximum absolute atomic E-state index is 13.7. The zero-order valence-corrected chi connectivity index (χ0v) is 13.0. The van der Waals surface area contributed by atoms with E-state index in [0.29, 0.717) is 6.07 Å². The van der Waals surface area contributed by atoms with Crippen LogP contribution in [0.3, 0.4) is 0 Å². The summed E-state index contributed by atoms with van der Waals surface area (Å²) in [5.74, 6) is -3.12. The second kappa shape index (κ2) is 6.13. The van der Waals surface area contributed by atoms with Gasteiger partial charge in [0.05, 0.1) is 14.6 Å². The van der Waals surface area contributed by atoms with Crippen molar-refractivity contribution < 1.29 is 17.6 Å². The van der Waals surface area contributed by atoms with E-state index in [1.165, 1.54) is 12.1 Å². The lowest BCUT2D eigenvalue weighted by atomic mass is 10.2. The van der Waals surface area contributed by atoms with Crippen molar-refractivity contribution in [1.82, 2.24) is 0 Å². The van der Waals surface area contributed by atoms with E-state index in [1.807, 2.05) is 0 Å². The van der Waals surface area contributed by atoms with Gasteiger partial charge in [-0.1, -0.05) is 0 Å². The molecule has 0 aliphatic heterocycles. The molecule has 0 spiro atoms. The van der Waals surface area contributed by atoms with Gasteiger partial charge in [0.15, 0.2) is 0 Å². The van der Waals surface area contributed by atoms with E-state index in [1.54, 1.807) is 0 Å². The molecule has 0 unspecified atom stereocenters. The summed E-state index contributed by atoms with van der Waals surface area (Å²) in [6, 6.07) is 4.18. The van der Waals surface area contributed by atoms with Gasteiger partial charge in [0.25, 0.3) is 0 Å². The molecule has 0 amide bonds. The average molecular weight is 413 g/mol. The van der Waals surface area contributed by atoms with Gasteiger partial charge in [0.2, 0.25) is 0 Å². The maximum Gasteiger partial charge on any atom is 0.149 e. The van der Waals surface area contributed by atoms with Gasteiger partial charge in [-0.2, -0.15) is 0 Å². The summed E-state index contributed by atoms with van der Waals surface area (Å²) < 4.78 is 53.9. The molecule has 1 N–H and O–H groups in total. The second-order valence-electron chi connectivity index (χ2n) is 3.92. The zero-order valence-electron chi connectivity index (χ0n) is 9.78. The van der Waals surface area contributed by atoms with Crippen molar-refractivity contribution in [2.75, 3.05) is 5.32 Å². The Morgan fingerprint density at radius 3 is 2.25 bits per heavy atom. The van der Waals surface area contributed by atoms with E-state index in [9.17, 15) is 17.6 Å². The van der Waals surface area contributed by atoms with E-state index < -0.39 is 23.3 Å². The molecule has 0 heterocycles. The van der Waals surface area contributed by atoms with Crippen molar-refractivity contribution in [1.29, 1.82) is 0 Å². The van der Waals surface area contributed by atoms with Crippen molar-refractivity contribution in [2.45, 2.75) is 6.54 Å². The molecule has 2 aromatic carbocycles. The highest BCUT2D eigenvalue weighted by atomic mass is 79.9. The minimum Gasteiger partial charge on any atom is -0.378 e. The van der Waals surface area contributed by atoms with Gasteiger partial charge in [-0.15, -0.1) is 0 Å². The van der Waals surface area contributed by atoms with Gasteiger partial charge in [-0.05, 0) is 50.1 Å². The molecule has 0 atom stereocenters. The molecular formula is C13H7Br2F4N. The smallest absolute Gasteiger partial charge is 0.149 e. The number of nitrogens with one attached hydrogen (secondary N) is 1. The quantitative estimate of drug-likeness (QED) is 0.527. The van der Waals surface area contributed by atoms with Crippen molar-refractivity contribution in [2.24, 2.45) is 0 Å². The van der Waals surface area contributed by atoms with Gasteiger partial charge in [0.1, 0.15) is 23.3 Å². The molecule has 2 rings (SSSR count). The summed E-state index contributed by atoms with van der Waals surface area (Å²) in [6.45, 7) is -0.272. The van der Waals surface area contributed by atoms with Crippen molar-refractivity contribution in [3.05, 3.63) is 62.0 Å². The van der Waals surface area contributed by atoms with Crippen LogP contribution >= 0.6 is 31.9 Å². The van der Waals surface area contributed by atoms with E-state index in [2.05, 4.69) is 37.2 Å². The molecule has 0 aliphatic carbocycles. The summed E-state index contributed by atoms with van der Waals surface area (Å²) >= 11 is 5.85. The Morgan fingerprint density at radius 1 is 0.850 bits per heavy atom. The predicted octanol–water partition coefficient (Wildman–Crippen LogP) is 5.38. The maximum atomic E-state index is 13.7. The Bertz CT molecular complexity index is 661. The van der Waals surface area contributed by atoms with Crippen molar-refractivity contribution in [3.8, 4) is 0 Å². The molecular weight excluding hydrogens is 406 g/mol. The SMILES string of the molecule is Fc1cc(F)c(NCc2c(F)ccc(Br)c2F)cc1Br. The first kappa shape index (κ1) is 15.3. The number of hydrogen-bond acceptors (Lipinski definition) is 1. The van der Waals surface area contributed by atoms with Crippen LogP contribution in [-0.4, -0.2) is 0 Å². The molecule has 1 nitrogen and oxygen atoms in total. The average Bonchev–Trinajstić information content (AvgIpc) is 2.40. The van der Waals surface area contributed by atoms with E-state index in [4.69, 9.17) is 0 Å². The number of anilines is 1. The molecule has 0 saturated carbocycles. The van der Waals surface area contributed by atoms with Gasteiger partial charge in [0, 0.05) is 18.2 Å². The summed E-state index contributed by atoms with van der Waals surface area (Å²) in [6.07, 6.45) is 0. The molecule has 106 valence electrons. The third-order valence-corrected chi connectivity index (χ3v) is 3.82. The highest BCUT2D eigenvalue weighted by Crippen LogP contribution is 2.26. The summed E-state index contributed by atoms with van der Waals surface area (Å²) in [5, 5.41) is 2.53. The van der Waals surface area contributed by atoms with Gasteiger partial charge in [-0.3, -0.25) is 0 Å². The van der Waals surface area contributed by atoms with Gasteiger partial charge < -0.3 is 5.32 Å². The molecule has 2 aromatic rings. The predicted molar refractivity (Wildman–Crippen MR) is 75.4 cm³/mol. The number of rotatable bonds is 3. The van der Waals surface area contributed by atoms with Crippen LogP contribution in [-0.2, 0) is 6.54 Å². The fourth-order valence-corrected chi connectivity index (χ4v) is 2.29. The monoisotopic (exact) mass is 411 g/mol. The molecule has 0 radical (unpaired) electrons. The Kier molecular flexibility index (Phi) is 4.70. The van der Waals surface area contributed by atoms with E-state index in [0.717, 1.165) is 6.07 Å². The first-order chi connectivity index (χ1) is 9.40. The Morgan fingerprint density at radius 2 is 1.55 bits per heavy atom. The van der Waals surface area contributed by atoms with Crippen molar-refractivity contribution >= 4 is 37.5 Å². The standard InChI is InChI=1S/C13H7Br2F4N/c14-7-1-2-9(16)6(13(7)19)5-20-12-3-8(15)10(17)4-11(12)18/h1-4,20H,5H2. The number of halogens is 6. The molecule has 0 aromatic heterocycles. The summed E-state index contributed by atoms with van der Waals surface area (Å²) in [5.41, 5.74) is -0.295. The first-order valence-electron chi connectivity index (χ1n) is 5.41. The third kappa shape index (κ3) is 3.15. The molecule has 0 saturated heterocycles. The van der Waals surface area contributed by atoms with Crippen LogP contribution in [0.5, 0.6) is 0 Å². The largest absolute Gasteiger partial charge is 0.378 e. The zero-order chi connectivity index (χ0) is 14.9. The van der Waals surface area contributed by atoms with Crippen LogP contribution in [0.4, 0.5) is 23.2 Å². The fourth-order valence-electron chi connectivity index (χ4n) is 1.57. The summed E-state index contributed by atoms with van der Waals surface area (Å²) in [7, 11) is 0. The first-order valence-corrected chi connectivity index (χ1v) is 6.99. The highest BCUT2D eigenvalue weighted by Gasteiger charge is 2.14. The summed E-state index contributed by atoms with van der Waals surface area (Å²) in [4.78, 5) is 0. The highest BCUT2D eigenvalue weighted by molar-refractivity contribution is 9.10. The van der Waals surface area contributed by atoms with Crippen LogP contribution in [0.2, 0.25) is 0 Å². The van der Waals surface area contributed by atoms with Crippen LogP contribution in [0.1, 0.15) is 5.56 Å². The Balaban J connectivity index is 2.26. The molecule has 20 heavy (non-hydrogen) atoms. The lowest BCUT2D eigenvalue weighted by Gasteiger charge is -2.11. The second-order valence-corrected chi connectivity index (χ2v) is 5.63. The molecule has 0 aliphatic rings. The van der Waals surface area contributed by atoms with Crippen LogP contribution in [0.25, 0.3) is 0 Å². The Hall–Kier alpha value is -1.08. The van der Waals surface area contributed by atoms with E-state index in [-0.39, 0.29) is 26.7 Å². The van der Waals surface area contributed by atoms with Crippen molar-refractivity contribution in [3.63, 3.8) is 0 Å². The van der Waals surface area contributed by atoms with Crippen LogP contribution in [0.15, 0.2) is 33.2 Å². The van der Waals surface area contributed by atoms with Gasteiger partial charge >= 0.3 is 0 Å². The Labute approximate surface area is 129 Å². The number of hydrogen-bond donors (Lipinski definition) is 1. The molecule has 0 bridgehead atoms. The lowest BCUT2D eigenvalue weighted by Crippen LogP contribution is -2.06. The minimum atomic E-state index is -0.846. The normalized spacial score (nSPS) is 10.7. The molecule has 0 fully saturated rings. The fraction of sp³-hybridized carbons (Fsp3) is 0.0769. The number of benzene rings is 2. The van der Waals surface area contributed by atoms with Crippen LogP contribution < -0.4 is 5.32 Å².